The van der Waals surface area contributed by atoms with Crippen LogP contribution in [0, 0.1) is 11.3 Å². The predicted octanol–water partition coefficient (Wildman–Crippen LogP) is 1.48. The van der Waals surface area contributed by atoms with Crippen molar-refractivity contribution in [2.75, 3.05) is 52.1 Å². The van der Waals surface area contributed by atoms with E-state index in [1.165, 1.54) is 17.5 Å². The number of likely N-dealkylation sites (tertiary alicyclic amines) is 2. The number of piperidine rings is 2. The van der Waals surface area contributed by atoms with Gasteiger partial charge in [0.1, 0.15) is 29.5 Å². The van der Waals surface area contributed by atoms with Crippen LogP contribution in [-0.4, -0.2) is 111 Å². The van der Waals surface area contributed by atoms with Crippen molar-refractivity contribution >= 4 is 17.6 Å². The van der Waals surface area contributed by atoms with Crippen molar-refractivity contribution < 1.29 is 14.7 Å². The Morgan fingerprint density at radius 3 is 2.51 bits per heavy atom. The van der Waals surface area contributed by atoms with E-state index in [0.717, 1.165) is 19.5 Å². The maximum atomic E-state index is 13.3. The van der Waals surface area contributed by atoms with Crippen molar-refractivity contribution in [2.45, 2.75) is 50.4 Å². The van der Waals surface area contributed by atoms with Gasteiger partial charge < -0.3 is 25.1 Å². The van der Waals surface area contributed by atoms with E-state index in [2.05, 4.69) is 44.5 Å². The number of nitrogens with one attached hydrogen (secondary N) is 1. The highest BCUT2D eigenvalue weighted by atomic mass is 16.3. The van der Waals surface area contributed by atoms with Gasteiger partial charge in [-0.15, -0.1) is 0 Å². The summed E-state index contributed by atoms with van der Waals surface area (Å²) >= 11 is 0. The molecule has 3 aliphatic rings. The highest BCUT2D eigenvalue weighted by molar-refractivity contribution is 5.97. The number of anilines is 1. The molecule has 0 saturated carbocycles. The summed E-state index contributed by atoms with van der Waals surface area (Å²) in [5.74, 6) is 0.0838. The second-order valence-corrected chi connectivity index (χ2v) is 11.3. The number of rotatable bonds is 6. The lowest BCUT2D eigenvalue weighted by molar-refractivity contribution is -0.127. The number of benzene rings is 1. The third kappa shape index (κ3) is 6.66. The van der Waals surface area contributed by atoms with Crippen molar-refractivity contribution in [2.24, 2.45) is 0 Å². The monoisotopic (exact) mass is 558 g/mol. The molecule has 1 aromatic carbocycles. The number of aromatic nitrogens is 2. The quantitative estimate of drug-likeness (QED) is 0.400. The fourth-order valence-corrected chi connectivity index (χ4v) is 6.04. The van der Waals surface area contributed by atoms with E-state index in [1.807, 2.05) is 6.07 Å². The van der Waals surface area contributed by atoms with E-state index in [-0.39, 0.29) is 36.0 Å². The van der Waals surface area contributed by atoms with E-state index in [1.54, 1.807) is 41.1 Å². The molecule has 4 heterocycles. The number of hydrogen-bond acceptors (Lipinski definition) is 9. The van der Waals surface area contributed by atoms with Crippen LogP contribution in [0.25, 0.3) is 0 Å². The van der Waals surface area contributed by atoms with E-state index in [4.69, 9.17) is 0 Å². The molecule has 216 valence electrons. The Labute approximate surface area is 241 Å². The zero-order valence-corrected chi connectivity index (χ0v) is 23.7. The van der Waals surface area contributed by atoms with Crippen molar-refractivity contribution in [3.05, 3.63) is 65.3 Å². The molecular weight excluding hydrogens is 520 g/mol. The maximum Gasteiger partial charge on any atom is 0.272 e. The minimum absolute atomic E-state index is 0.0235. The van der Waals surface area contributed by atoms with E-state index >= 15 is 0 Å². The summed E-state index contributed by atoms with van der Waals surface area (Å²) in [5.41, 5.74) is 3.11. The van der Waals surface area contributed by atoms with Crippen LogP contribution < -0.4 is 5.32 Å². The van der Waals surface area contributed by atoms with Crippen LogP contribution in [0.2, 0.25) is 0 Å². The number of nitriles is 1. The first-order valence-electron chi connectivity index (χ1n) is 14.3. The highest BCUT2D eigenvalue weighted by Gasteiger charge is 2.36. The lowest BCUT2D eigenvalue weighted by Gasteiger charge is -2.43. The van der Waals surface area contributed by atoms with Gasteiger partial charge in [-0.25, -0.2) is 9.97 Å². The fourth-order valence-electron chi connectivity index (χ4n) is 6.04. The van der Waals surface area contributed by atoms with Gasteiger partial charge in [-0.3, -0.25) is 14.5 Å². The summed E-state index contributed by atoms with van der Waals surface area (Å²) in [6, 6.07) is 12.2. The Morgan fingerprint density at radius 2 is 1.80 bits per heavy atom. The summed E-state index contributed by atoms with van der Waals surface area (Å²) in [7, 11) is 3.56. The number of nitrogens with zero attached hydrogens (tertiary/aromatic N) is 7. The van der Waals surface area contributed by atoms with Gasteiger partial charge in [0.2, 0.25) is 0 Å². The molecule has 2 N–H and O–H groups in total. The maximum absolute atomic E-state index is 13.3. The van der Waals surface area contributed by atoms with Gasteiger partial charge in [0, 0.05) is 77.7 Å². The Hall–Kier alpha value is -4.01. The summed E-state index contributed by atoms with van der Waals surface area (Å²) in [5, 5.41) is 23.7. The molecule has 2 saturated heterocycles. The van der Waals surface area contributed by atoms with Crippen molar-refractivity contribution in [1.82, 2.24) is 29.6 Å². The number of carbonyl (C=O) groups excluding carboxylic acids is 2. The summed E-state index contributed by atoms with van der Waals surface area (Å²) < 4.78 is 0. The van der Waals surface area contributed by atoms with Crippen LogP contribution in [0.5, 0.6) is 0 Å². The fraction of sp³-hybridized carbons (Fsp3) is 0.500. The minimum Gasteiger partial charge on any atom is -0.390 e. The molecule has 0 unspecified atom stereocenters. The summed E-state index contributed by atoms with van der Waals surface area (Å²) in [6.45, 7) is 3.61. The topological polar surface area (TPSA) is 129 Å². The number of hydrogen-bond donors (Lipinski definition) is 2. The number of fused-ring (bicyclic) bond motifs is 1. The number of aliphatic hydroxyl groups is 1. The van der Waals surface area contributed by atoms with Gasteiger partial charge in [-0.1, -0.05) is 24.3 Å². The molecule has 1 aromatic heterocycles. The summed E-state index contributed by atoms with van der Waals surface area (Å²) in [4.78, 5) is 42.0. The smallest absolute Gasteiger partial charge is 0.272 e. The number of aliphatic hydroxyl groups excluding tert-OH is 1. The second kappa shape index (κ2) is 12.7. The van der Waals surface area contributed by atoms with Crippen molar-refractivity contribution in [3.8, 4) is 6.07 Å². The van der Waals surface area contributed by atoms with Gasteiger partial charge in [0.25, 0.3) is 11.8 Å². The molecule has 3 aliphatic heterocycles. The van der Waals surface area contributed by atoms with Gasteiger partial charge >= 0.3 is 0 Å². The SMILES string of the molecule is CN(C)/C=C(/C#N)C(=O)N1CCC(Nc2cc(C(=O)N3CC[C@@H](N4CCc5ccccc5C4)[C@H](O)C3)ncn2)CC1. The first-order chi connectivity index (χ1) is 19.8. The molecule has 11 heteroatoms. The Balaban J connectivity index is 1.14. The van der Waals surface area contributed by atoms with Crippen LogP contribution in [0.4, 0.5) is 5.82 Å². The molecule has 2 fully saturated rings. The standard InChI is InChI=1S/C30H38N8O3/c1-35(2)17-23(16-31)29(40)36-12-8-24(9-13-36)34-28-15-25(32-20-33-28)30(41)38-14-10-26(27(39)19-38)37-11-7-21-5-3-4-6-22(21)18-37/h3-6,15,17,20,24,26-27,39H,7-14,18-19H2,1-2H3,(H,32,33,34)/b23-17-/t26-,27-/m1/s1. The largest absolute Gasteiger partial charge is 0.390 e. The lowest BCUT2D eigenvalue weighted by Crippen LogP contribution is -2.56. The average molecular weight is 559 g/mol. The van der Waals surface area contributed by atoms with Crippen LogP contribution in [0.3, 0.4) is 0 Å². The number of β-amino-alcohol motifs (C(OH)–C–C–N with tert-alkyl or cyclic N) is 1. The molecule has 2 atom stereocenters. The first kappa shape index (κ1) is 28.5. The molecule has 11 nitrogen and oxygen atoms in total. The first-order valence-corrected chi connectivity index (χ1v) is 14.3. The third-order valence-electron chi connectivity index (χ3n) is 8.22. The highest BCUT2D eigenvalue weighted by Crippen LogP contribution is 2.26. The van der Waals surface area contributed by atoms with E-state index in [9.17, 15) is 20.0 Å². The minimum atomic E-state index is -0.626. The molecule has 5 rings (SSSR count). The zero-order chi connectivity index (χ0) is 28.9. The Kier molecular flexibility index (Phi) is 8.81. The van der Waals surface area contributed by atoms with E-state index < -0.39 is 6.10 Å². The molecule has 0 radical (unpaired) electrons. The molecule has 0 spiro atoms. The lowest BCUT2D eigenvalue weighted by atomic mass is 9.94. The predicted molar refractivity (Wildman–Crippen MR) is 154 cm³/mol. The third-order valence-corrected chi connectivity index (χ3v) is 8.22. The Bertz CT molecular complexity index is 1330. The average Bonchev–Trinajstić information content (AvgIpc) is 2.99. The van der Waals surface area contributed by atoms with Gasteiger partial charge in [-0.05, 0) is 36.8 Å². The second-order valence-electron chi connectivity index (χ2n) is 11.3. The Morgan fingerprint density at radius 1 is 1.07 bits per heavy atom. The van der Waals surface area contributed by atoms with E-state index in [0.29, 0.717) is 50.4 Å². The zero-order valence-electron chi connectivity index (χ0n) is 23.7. The van der Waals surface area contributed by atoms with Crippen LogP contribution in [-0.2, 0) is 17.8 Å². The molecular formula is C30H38N8O3. The van der Waals surface area contributed by atoms with Crippen LogP contribution in [0.1, 0.15) is 40.9 Å². The normalized spacial score (nSPS) is 22.0. The molecule has 2 aromatic rings. The van der Waals surface area contributed by atoms with Gasteiger partial charge in [0.05, 0.1) is 6.10 Å². The van der Waals surface area contributed by atoms with Crippen LogP contribution in [0.15, 0.2) is 48.4 Å². The molecule has 2 amide bonds. The molecule has 0 bridgehead atoms. The van der Waals surface area contributed by atoms with Crippen molar-refractivity contribution in [1.29, 1.82) is 5.26 Å². The van der Waals surface area contributed by atoms with Crippen molar-refractivity contribution in [3.63, 3.8) is 0 Å². The molecule has 0 aliphatic carbocycles. The number of amides is 2. The molecule has 41 heavy (non-hydrogen) atoms. The van der Waals surface area contributed by atoms with Gasteiger partial charge in [-0.2, -0.15) is 5.26 Å². The van der Waals surface area contributed by atoms with Gasteiger partial charge in [0.15, 0.2) is 0 Å². The van der Waals surface area contributed by atoms with Crippen LogP contribution >= 0.6 is 0 Å². The summed E-state index contributed by atoms with van der Waals surface area (Å²) in [6.07, 6.45) is 5.37. The number of carbonyl (C=O) groups is 2.